The van der Waals surface area contributed by atoms with E-state index in [2.05, 4.69) is 60.2 Å². The van der Waals surface area contributed by atoms with Gasteiger partial charge in [0.15, 0.2) is 6.61 Å². The molecule has 0 aromatic heterocycles. The number of ether oxygens (including phenoxy) is 1. The predicted octanol–water partition coefficient (Wildman–Crippen LogP) is 5.37. The summed E-state index contributed by atoms with van der Waals surface area (Å²) < 4.78 is 6.29. The number of amides is 1. The topological polar surface area (TPSA) is 38.3 Å². The summed E-state index contributed by atoms with van der Waals surface area (Å²) in [6, 6.07) is 11.5. The van der Waals surface area contributed by atoms with E-state index in [1.807, 2.05) is 0 Å². The lowest BCUT2D eigenvalue weighted by Gasteiger charge is -2.20. The molecule has 5 heteroatoms. The standard InChI is InChI=1S/C19H21BrClNO2/c1-4-17(15-7-5-12(2)9-13(15)3)22-19(23)11-24-18-8-6-14(21)10-16(18)20/h5-10,17H,4,11H2,1-3H3,(H,22,23)/t17-/m1/s1. The SMILES string of the molecule is CC[C@@H](NC(=O)COc1ccc(Cl)cc1Br)c1ccc(C)cc1C. The number of halogens is 2. The number of hydrogen-bond acceptors (Lipinski definition) is 2. The Morgan fingerprint density at radius 2 is 2.00 bits per heavy atom. The number of carbonyl (C=O) groups excluding carboxylic acids is 1. The van der Waals surface area contributed by atoms with E-state index in [9.17, 15) is 4.79 Å². The van der Waals surface area contributed by atoms with Crippen molar-refractivity contribution in [2.75, 3.05) is 6.61 Å². The van der Waals surface area contributed by atoms with E-state index in [4.69, 9.17) is 16.3 Å². The highest BCUT2D eigenvalue weighted by Crippen LogP contribution is 2.28. The van der Waals surface area contributed by atoms with Crippen molar-refractivity contribution >= 4 is 33.4 Å². The van der Waals surface area contributed by atoms with E-state index in [-0.39, 0.29) is 18.6 Å². The minimum atomic E-state index is -0.149. The first-order valence-corrected chi connectivity index (χ1v) is 9.02. The van der Waals surface area contributed by atoms with E-state index >= 15 is 0 Å². The average molecular weight is 411 g/mol. The average Bonchev–Trinajstić information content (AvgIpc) is 2.52. The van der Waals surface area contributed by atoms with Crippen LogP contribution in [0.15, 0.2) is 40.9 Å². The highest BCUT2D eigenvalue weighted by molar-refractivity contribution is 9.10. The second-order valence-electron chi connectivity index (χ2n) is 5.75. The van der Waals surface area contributed by atoms with Gasteiger partial charge in [-0.3, -0.25) is 4.79 Å². The lowest BCUT2D eigenvalue weighted by atomic mass is 9.97. The van der Waals surface area contributed by atoms with Crippen molar-refractivity contribution in [2.24, 2.45) is 0 Å². The Morgan fingerprint density at radius 3 is 2.62 bits per heavy atom. The highest BCUT2D eigenvalue weighted by Gasteiger charge is 2.15. The zero-order valence-electron chi connectivity index (χ0n) is 14.0. The van der Waals surface area contributed by atoms with Gasteiger partial charge in [0, 0.05) is 5.02 Å². The zero-order chi connectivity index (χ0) is 17.7. The summed E-state index contributed by atoms with van der Waals surface area (Å²) in [5.41, 5.74) is 3.54. The van der Waals surface area contributed by atoms with Crippen molar-refractivity contribution in [3.8, 4) is 5.75 Å². The molecule has 0 saturated carbocycles. The minimum Gasteiger partial charge on any atom is -0.483 e. The van der Waals surface area contributed by atoms with Crippen molar-refractivity contribution in [2.45, 2.75) is 33.2 Å². The minimum absolute atomic E-state index is 0.0182. The Balaban J connectivity index is 1.99. The van der Waals surface area contributed by atoms with Gasteiger partial charge in [-0.25, -0.2) is 0 Å². The molecule has 0 spiro atoms. The highest BCUT2D eigenvalue weighted by atomic mass is 79.9. The van der Waals surface area contributed by atoms with Gasteiger partial charge < -0.3 is 10.1 Å². The molecule has 0 aliphatic rings. The van der Waals surface area contributed by atoms with Crippen LogP contribution in [0.25, 0.3) is 0 Å². The van der Waals surface area contributed by atoms with Crippen molar-refractivity contribution in [1.82, 2.24) is 5.32 Å². The fourth-order valence-electron chi connectivity index (χ4n) is 2.59. The number of carbonyl (C=O) groups is 1. The van der Waals surface area contributed by atoms with Gasteiger partial charge in [-0.15, -0.1) is 0 Å². The Kier molecular flexibility index (Phi) is 6.69. The van der Waals surface area contributed by atoms with Gasteiger partial charge >= 0.3 is 0 Å². The fraction of sp³-hybridized carbons (Fsp3) is 0.316. The second-order valence-corrected chi connectivity index (χ2v) is 7.04. The summed E-state index contributed by atoms with van der Waals surface area (Å²) in [4.78, 5) is 12.2. The molecule has 2 rings (SSSR count). The number of rotatable bonds is 6. The Hall–Kier alpha value is -1.52. The van der Waals surface area contributed by atoms with Crippen LogP contribution >= 0.6 is 27.5 Å². The Labute approximate surface area is 156 Å². The lowest BCUT2D eigenvalue weighted by molar-refractivity contribution is -0.123. The molecule has 2 aromatic carbocycles. The lowest BCUT2D eigenvalue weighted by Crippen LogP contribution is -2.32. The molecule has 24 heavy (non-hydrogen) atoms. The van der Waals surface area contributed by atoms with Crippen LogP contribution in [-0.2, 0) is 4.79 Å². The maximum absolute atomic E-state index is 12.2. The van der Waals surface area contributed by atoms with E-state index in [1.54, 1.807) is 18.2 Å². The summed E-state index contributed by atoms with van der Waals surface area (Å²) >= 11 is 9.27. The number of hydrogen-bond donors (Lipinski definition) is 1. The van der Waals surface area contributed by atoms with Crippen LogP contribution in [0.3, 0.4) is 0 Å². The molecule has 2 aromatic rings. The molecule has 1 atom stereocenters. The molecule has 0 radical (unpaired) electrons. The molecule has 0 aliphatic heterocycles. The molecule has 0 saturated heterocycles. The van der Waals surface area contributed by atoms with Crippen LogP contribution < -0.4 is 10.1 Å². The van der Waals surface area contributed by atoms with Crippen LogP contribution in [0.4, 0.5) is 0 Å². The Bertz CT molecular complexity index is 733. The number of aryl methyl sites for hydroxylation is 2. The summed E-state index contributed by atoms with van der Waals surface area (Å²) in [6.07, 6.45) is 0.820. The van der Waals surface area contributed by atoms with Crippen LogP contribution in [0.2, 0.25) is 5.02 Å². The van der Waals surface area contributed by atoms with E-state index < -0.39 is 0 Å². The maximum Gasteiger partial charge on any atom is 0.258 e. The summed E-state index contributed by atoms with van der Waals surface area (Å²) in [7, 11) is 0. The first-order chi connectivity index (χ1) is 11.4. The monoisotopic (exact) mass is 409 g/mol. The molecule has 1 N–H and O–H groups in total. The smallest absolute Gasteiger partial charge is 0.258 e. The molecule has 0 bridgehead atoms. The van der Waals surface area contributed by atoms with Crippen molar-refractivity contribution in [3.05, 3.63) is 62.6 Å². The molecule has 1 amide bonds. The van der Waals surface area contributed by atoms with Gasteiger partial charge in [0.25, 0.3) is 5.91 Å². The van der Waals surface area contributed by atoms with Crippen molar-refractivity contribution in [3.63, 3.8) is 0 Å². The molecule has 0 aliphatic carbocycles. The summed E-state index contributed by atoms with van der Waals surface area (Å²) in [5, 5.41) is 3.65. The van der Waals surface area contributed by atoms with Gasteiger partial charge in [-0.2, -0.15) is 0 Å². The van der Waals surface area contributed by atoms with E-state index in [0.717, 1.165) is 16.5 Å². The van der Waals surface area contributed by atoms with E-state index in [0.29, 0.717) is 10.8 Å². The van der Waals surface area contributed by atoms with Gasteiger partial charge in [0.1, 0.15) is 5.75 Å². The first-order valence-electron chi connectivity index (χ1n) is 7.85. The third-order valence-electron chi connectivity index (χ3n) is 3.80. The fourth-order valence-corrected chi connectivity index (χ4v) is 3.39. The molecular formula is C19H21BrClNO2. The van der Waals surface area contributed by atoms with Crippen LogP contribution in [0.1, 0.15) is 36.1 Å². The summed E-state index contributed by atoms with van der Waals surface area (Å²) in [6.45, 7) is 6.15. The third-order valence-corrected chi connectivity index (χ3v) is 4.65. The predicted molar refractivity (Wildman–Crippen MR) is 102 cm³/mol. The zero-order valence-corrected chi connectivity index (χ0v) is 16.4. The molecule has 0 unspecified atom stereocenters. The number of benzene rings is 2. The van der Waals surface area contributed by atoms with E-state index in [1.165, 1.54) is 11.1 Å². The van der Waals surface area contributed by atoms with Crippen LogP contribution in [0.5, 0.6) is 5.75 Å². The molecule has 128 valence electrons. The quantitative estimate of drug-likeness (QED) is 0.695. The number of nitrogens with one attached hydrogen (secondary N) is 1. The van der Waals surface area contributed by atoms with Gasteiger partial charge in [0.2, 0.25) is 0 Å². The van der Waals surface area contributed by atoms with Crippen molar-refractivity contribution in [1.29, 1.82) is 0 Å². The first kappa shape index (κ1) is 18.8. The Morgan fingerprint density at radius 1 is 1.25 bits per heavy atom. The molecule has 0 fully saturated rings. The van der Waals surface area contributed by atoms with Crippen LogP contribution in [0, 0.1) is 13.8 Å². The second kappa shape index (κ2) is 8.54. The molecular weight excluding hydrogens is 390 g/mol. The van der Waals surface area contributed by atoms with Gasteiger partial charge in [-0.05, 0) is 65.5 Å². The molecule has 3 nitrogen and oxygen atoms in total. The largest absolute Gasteiger partial charge is 0.483 e. The molecule has 0 heterocycles. The van der Waals surface area contributed by atoms with Crippen LogP contribution in [-0.4, -0.2) is 12.5 Å². The van der Waals surface area contributed by atoms with Crippen molar-refractivity contribution < 1.29 is 9.53 Å². The summed E-state index contributed by atoms with van der Waals surface area (Å²) in [5.74, 6) is 0.442. The third kappa shape index (κ3) is 4.99. The van der Waals surface area contributed by atoms with Gasteiger partial charge in [-0.1, -0.05) is 42.3 Å². The van der Waals surface area contributed by atoms with Gasteiger partial charge in [0.05, 0.1) is 10.5 Å². The normalized spacial score (nSPS) is 11.9. The maximum atomic E-state index is 12.2.